The van der Waals surface area contributed by atoms with Gasteiger partial charge in [-0.3, -0.25) is 9.59 Å². The Morgan fingerprint density at radius 1 is 1.30 bits per heavy atom. The molecule has 0 spiro atoms. The van der Waals surface area contributed by atoms with Gasteiger partial charge < -0.3 is 14.6 Å². The molecule has 2 fully saturated rings. The molecule has 1 saturated carbocycles. The lowest BCUT2D eigenvalue weighted by Gasteiger charge is -2.38. The first-order valence-corrected chi connectivity index (χ1v) is 7.67. The minimum atomic E-state index is -0.271. The molecule has 7 heteroatoms. The standard InChI is InChI=1S/C16H16N4O3/c21-13-7-12(18-15(19-13)10-4-5-10)16(22)20-8-11(9-20)23-14-3-1-2-6-17-14/h1-3,6-7,10-11H,4-5,8-9H2,(H,18,19,21). The van der Waals surface area contributed by atoms with Gasteiger partial charge in [0.15, 0.2) is 0 Å². The fraction of sp³-hybridized carbons (Fsp3) is 0.375. The van der Waals surface area contributed by atoms with E-state index >= 15 is 0 Å². The van der Waals surface area contributed by atoms with Crippen LogP contribution in [0.1, 0.15) is 35.1 Å². The third-order valence-corrected chi connectivity index (χ3v) is 4.00. The van der Waals surface area contributed by atoms with Crippen molar-refractivity contribution in [3.8, 4) is 5.88 Å². The molecule has 2 aromatic heterocycles. The van der Waals surface area contributed by atoms with E-state index in [9.17, 15) is 9.59 Å². The second-order valence-electron chi connectivity index (χ2n) is 5.91. The second-order valence-corrected chi connectivity index (χ2v) is 5.91. The molecular formula is C16H16N4O3. The zero-order valence-electron chi connectivity index (χ0n) is 12.4. The van der Waals surface area contributed by atoms with Gasteiger partial charge in [-0.15, -0.1) is 0 Å². The normalized spacial score (nSPS) is 17.7. The van der Waals surface area contributed by atoms with Gasteiger partial charge in [0, 0.05) is 24.2 Å². The number of carbonyl (C=O) groups excluding carboxylic acids is 1. The molecule has 0 unspecified atom stereocenters. The highest BCUT2D eigenvalue weighted by Gasteiger charge is 2.34. The molecule has 0 aromatic carbocycles. The molecule has 3 heterocycles. The molecule has 2 aliphatic rings. The number of hydrogen-bond donors (Lipinski definition) is 1. The van der Waals surface area contributed by atoms with E-state index in [1.807, 2.05) is 12.1 Å². The number of likely N-dealkylation sites (tertiary alicyclic amines) is 1. The first-order chi connectivity index (χ1) is 11.2. The van der Waals surface area contributed by atoms with Gasteiger partial charge in [0.25, 0.3) is 11.5 Å². The molecular weight excluding hydrogens is 296 g/mol. The first kappa shape index (κ1) is 13.9. The molecule has 0 bridgehead atoms. The molecule has 0 atom stereocenters. The van der Waals surface area contributed by atoms with Gasteiger partial charge in [-0.25, -0.2) is 9.97 Å². The summed E-state index contributed by atoms with van der Waals surface area (Å²) in [5, 5.41) is 0. The third-order valence-electron chi connectivity index (χ3n) is 4.00. The zero-order chi connectivity index (χ0) is 15.8. The Balaban J connectivity index is 1.40. The molecule has 1 aliphatic heterocycles. The predicted molar refractivity (Wildman–Crippen MR) is 81.4 cm³/mol. The molecule has 118 valence electrons. The van der Waals surface area contributed by atoms with E-state index in [-0.39, 0.29) is 23.3 Å². The fourth-order valence-corrected chi connectivity index (χ4v) is 2.56. The largest absolute Gasteiger partial charge is 0.471 e. The monoisotopic (exact) mass is 312 g/mol. The quantitative estimate of drug-likeness (QED) is 0.908. The third kappa shape index (κ3) is 2.94. The summed E-state index contributed by atoms with van der Waals surface area (Å²) in [5.41, 5.74) is -0.0565. The maximum atomic E-state index is 12.4. The number of amides is 1. The molecule has 0 radical (unpaired) electrons. The Morgan fingerprint density at radius 2 is 2.13 bits per heavy atom. The summed E-state index contributed by atoms with van der Waals surface area (Å²) in [7, 11) is 0. The average molecular weight is 312 g/mol. The van der Waals surface area contributed by atoms with Gasteiger partial charge in [0.2, 0.25) is 5.88 Å². The number of ether oxygens (including phenoxy) is 1. The number of nitrogens with one attached hydrogen (secondary N) is 1. The zero-order valence-corrected chi connectivity index (χ0v) is 12.4. The van der Waals surface area contributed by atoms with Crippen LogP contribution in [0, 0.1) is 0 Å². The Morgan fingerprint density at radius 3 is 2.83 bits per heavy atom. The van der Waals surface area contributed by atoms with Crippen molar-refractivity contribution in [2.24, 2.45) is 0 Å². The summed E-state index contributed by atoms with van der Waals surface area (Å²) >= 11 is 0. The average Bonchev–Trinajstić information content (AvgIpc) is 3.35. The van der Waals surface area contributed by atoms with Crippen LogP contribution in [-0.4, -0.2) is 45.0 Å². The van der Waals surface area contributed by atoms with Crippen LogP contribution in [-0.2, 0) is 0 Å². The van der Waals surface area contributed by atoms with Crippen molar-refractivity contribution < 1.29 is 9.53 Å². The molecule has 1 aliphatic carbocycles. The van der Waals surface area contributed by atoms with E-state index < -0.39 is 0 Å². The highest BCUT2D eigenvalue weighted by Crippen LogP contribution is 2.37. The number of hydrogen-bond acceptors (Lipinski definition) is 5. The lowest BCUT2D eigenvalue weighted by atomic mass is 10.1. The first-order valence-electron chi connectivity index (χ1n) is 7.67. The van der Waals surface area contributed by atoms with Gasteiger partial charge in [0.1, 0.15) is 17.6 Å². The lowest BCUT2D eigenvalue weighted by molar-refractivity contribution is 0.0155. The van der Waals surface area contributed by atoms with Crippen LogP contribution in [0.25, 0.3) is 0 Å². The van der Waals surface area contributed by atoms with Crippen LogP contribution in [0.2, 0.25) is 0 Å². The smallest absolute Gasteiger partial charge is 0.272 e. The molecule has 4 rings (SSSR count). The van der Waals surface area contributed by atoms with E-state index in [2.05, 4.69) is 15.0 Å². The number of rotatable bonds is 4. The maximum Gasteiger partial charge on any atom is 0.272 e. The van der Waals surface area contributed by atoms with Crippen molar-refractivity contribution in [2.75, 3.05) is 13.1 Å². The summed E-state index contributed by atoms with van der Waals surface area (Å²) in [6.45, 7) is 0.950. The van der Waals surface area contributed by atoms with Crippen molar-refractivity contribution in [1.82, 2.24) is 19.9 Å². The van der Waals surface area contributed by atoms with Crippen molar-refractivity contribution in [1.29, 1.82) is 0 Å². The van der Waals surface area contributed by atoms with Crippen molar-refractivity contribution >= 4 is 5.91 Å². The minimum Gasteiger partial charge on any atom is -0.471 e. The van der Waals surface area contributed by atoms with E-state index in [1.165, 1.54) is 6.07 Å². The Kier molecular flexibility index (Phi) is 3.33. The topological polar surface area (TPSA) is 88.2 Å². The number of aromatic amines is 1. The number of nitrogens with zero attached hydrogens (tertiary/aromatic N) is 3. The summed E-state index contributed by atoms with van der Waals surface area (Å²) in [6, 6.07) is 6.72. The number of H-pyrrole nitrogens is 1. The molecule has 23 heavy (non-hydrogen) atoms. The van der Waals surface area contributed by atoms with Crippen molar-refractivity contribution in [3.05, 3.63) is 52.3 Å². The number of carbonyl (C=O) groups is 1. The predicted octanol–water partition coefficient (Wildman–Crippen LogP) is 0.946. The number of aromatic nitrogens is 3. The van der Waals surface area contributed by atoms with Gasteiger partial charge in [-0.05, 0) is 18.9 Å². The van der Waals surface area contributed by atoms with Crippen LogP contribution in [0.5, 0.6) is 5.88 Å². The van der Waals surface area contributed by atoms with Gasteiger partial charge in [0.05, 0.1) is 13.1 Å². The van der Waals surface area contributed by atoms with E-state index in [0.29, 0.717) is 30.7 Å². The van der Waals surface area contributed by atoms with Gasteiger partial charge in [-0.2, -0.15) is 0 Å². The Labute approximate surface area is 132 Å². The summed E-state index contributed by atoms with van der Waals surface area (Å²) < 4.78 is 5.67. The van der Waals surface area contributed by atoms with Gasteiger partial charge in [-0.1, -0.05) is 6.07 Å². The van der Waals surface area contributed by atoms with Crippen LogP contribution < -0.4 is 10.3 Å². The van der Waals surface area contributed by atoms with Crippen molar-refractivity contribution in [2.45, 2.75) is 24.9 Å². The van der Waals surface area contributed by atoms with Crippen LogP contribution in [0.15, 0.2) is 35.3 Å². The van der Waals surface area contributed by atoms with E-state index in [0.717, 1.165) is 12.8 Å². The minimum absolute atomic E-state index is 0.0706. The van der Waals surface area contributed by atoms with Crippen LogP contribution in [0.4, 0.5) is 0 Å². The lowest BCUT2D eigenvalue weighted by Crippen LogP contribution is -2.56. The maximum absolute atomic E-state index is 12.4. The Bertz CT molecular complexity index is 779. The molecule has 1 N–H and O–H groups in total. The summed E-state index contributed by atoms with van der Waals surface area (Å²) in [4.78, 5) is 36.8. The van der Waals surface area contributed by atoms with Crippen LogP contribution >= 0.6 is 0 Å². The second kappa shape index (κ2) is 5.49. The van der Waals surface area contributed by atoms with Gasteiger partial charge >= 0.3 is 0 Å². The molecule has 1 saturated heterocycles. The van der Waals surface area contributed by atoms with Crippen molar-refractivity contribution in [3.63, 3.8) is 0 Å². The SMILES string of the molecule is O=C(c1cc(=O)[nH]c(C2CC2)n1)N1CC(Oc2ccccn2)C1. The van der Waals surface area contributed by atoms with E-state index in [4.69, 9.17) is 4.74 Å². The van der Waals surface area contributed by atoms with Crippen LogP contribution in [0.3, 0.4) is 0 Å². The summed E-state index contributed by atoms with van der Waals surface area (Å²) in [6.07, 6.45) is 3.63. The number of pyridine rings is 1. The van der Waals surface area contributed by atoms with E-state index in [1.54, 1.807) is 17.2 Å². The summed E-state index contributed by atoms with van der Waals surface area (Å²) in [5.74, 6) is 1.25. The highest BCUT2D eigenvalue weighted by molar-refractivity contribution is 5.92. The Hall–Kier alpha value is -2.70. The molecule has 7 nitrogen and oxygen atoms in total. The molecule has 1 amide bonds. The molecule has 2 aromatic rings. The fourth-order valence-electron chi connectivity index (χ4n) is 2.56. The highest BCUT2D eigenvalue weighted by atomic mass is 16.5.